The average molecular weight is 208 g/mol. The minimum atomic E-state index is 0.108. The fraction of sp³-hybridized carbons (Fsp3) is 0.600. The van der Waals surface area contributed by atoms with Gasteiger partial charge in [-0.2, -0.15) is 5.10 Å². The number of nitrogens with one attached hydrogen (secondary N) is 3. The summed E-state index contributed by atoms with van der Waals surface area (Å²) in [6, 6.07) is 0. The molecule has 0 bridgehead atoms. The quantitative estimate of drug-likeness (QED) is 0.648. The molecule has 15 heavy (non-hydrogen) atoms. The number of aromatic nitrogens is 2. The lowest BCUT2D eigenvalue weighted by molar-refractivity contribution is -0.125. The summed E-state index contributed by atoms with van der Waals surface area (Å²) in [5.74, 6) is 0.667. The standard InChI is InChI=1S/C10H16N4O/c1-7-2-11-6-9(7)10(15)12-3-8-4-13-14-5-8/h4-5,7,9,11H,2-3,6H2,1H3,(H,12,15)(H,13,14). The van der Waals surface area contributed by atoms with E-state index in [1.807, 2.05) is 0 Å². The maximum atomic E-state index is 11.8. The molecule has 1 fully saturated rings. The second kappa shape index (κ2) is 4.44. The molecule has 2 rings (SSSR count). The van der Waals surface area contributed by atoms with Gasteiger partial charge in [0.15, 0.2) is 0 Å². The normalized spacial score (nSPS) is 25.4. The molecule has 0 saturated carbocycles. The molecule has 1 amide bonds. The first-order valence-corrected chi connectivity index (χ1v) is 5.23. The van der Waals surface area contributed by atoms with Crippen LogP contribution in [0.2, 0.25) is 0 Å². The van der Waals surface area contributed by atoms with Crippen LogP contribution in [0.15, 0.2) is 12.4 Å². The SMILES string of the molecule is CC1CNCC1C(=O)NCc1cn[nH]c1. The van der Waals surface area contributed by atoms with Crippen LogP contribution < -0.4 is 10.6 Å². The average Bonchev–Trinajstić information content (AvgIpc) is 2.84. The van der Waals surface area contributed by atoms with Crippen molar-refractivity contribution in [2.24, 2.45) is 11.8 Å². The Bertz CT molecular complexity index is 322. The van der Waals surface area contributed by atoms with E-state index in [4.69, 9.17) is 0 Å². The molecule has 1 aromatic heterocycles. The van der Waals surface area contributed by atoms with Crippen LogP contribution in [0.25, 0.3) is 0 Å². The highest BCUT2D eigenvalue weighted by atomic mass is 16.1. The number of hydrogen-bond acceptors (Lipinski definition) is 3. The lowest BCUT2D eigenvalue weighted by Crippen LogP contribution is -2.33. The first kappa shape index (κ1) is 10.2. The molecule has 2 atom stereocenters. The molecule has 1 saturated heterocycles. The maximum absolute atomic E-state index is 11.8. The molecule has 1 aliphatic heterocycles. The Balaban J connectivity index is 1.82. The van der Waals surface area contributed by atoms with Gasteiger partial charge in [-0.3, -0.25) is 9.89 Å². The van der Waals surface area contributed by atoms with Crippen LogP contribution in [0.5, 0.6) is 0 Å². The van der Waals surface area contributed by atoms with E-state index in [1.54, 1.807) is 12.4 Å². The van der Waals surface area contributed by atoms with Crippen molar-refractivity contribution in [2.75, 3.05) is 13.1 Å². The summed E-state index contributed by atoms with van der Waals surface area (Å²) in [6.45, 7) is 4.38. The van der Waals surface area contributed by atoms with Gasteiger partial charge < -0.3 is 10.6 Å². The fourth-order valence-corrected chi connectivity index (χ4v) is 1.86. The summed E-state index contributed by atoms with van der Waals surface area (Å²) in [7, 11) is 0. The number of hydrogen-bond donors (Lipinski definition) is 3. The molecule has 2 unspecified atom stereocenters. The van der Waals surface area contributed by atoms with Crippen LogP contribution in [0.3, 0.4) is 0 Å². The van der Waals surface area contributed by atoms with Gasteiger partial charge in [-0.15, -0.1) is 0 Å². The minimum Gasteiger partial charge on any atom is -0.352 e. The van der Waals surface area contributed by atoms with Crippen molar-refractivity contribution in [2.45, 2.75) is 13.5 Å². The van der Waals surface area contributed by atoms with Gasteiger partial charge in [0.2, 0.25) is 5.91 Å². The Morgan fingerprint density at radius 2 is 2.53 bits per heavy atom. The lowest BCUT2D eigenvalue weighted by atomic mass is 9.97. The number of H-pyrrole nitrogens is 1. The van der Waals surface area contributed by atoms with Crippen molar-refractivity contribution in [3.05, 3.63) is 18.0 Å². The van der Waals surface area contributed by atoms with Gasteiger partial charge in [0.25, 0.3) is 0 Å². The summed E-state index contributed by atoms with van der Waals surface area (Å²) >= 11 is 0. The van der Waals surface area contributed by atoms with Crippen LogP contribution in [0.4, 0.5) is 0 Å². The Morgan fingerprint density at radius 1 is 1.67 bits per heavy atom. The van der Waals surface area contributed by atoms with Crippen LogP contribution in [0, 0.1) is 11.8 Å². The van der Waals surface area contributed by atoms with Crippen molar-refractivity contribution in [1.29, 1.82) is 0 Å². The zero-order valence-electron chi connectivity index (χ0n) is 8.79. The van der Waals surface area contributed by atoms with E-state index in [1.165, 1.54) is 0 Å². The molecule has 5 nitrogen and oxygen atoms in total. The predicted octanol–water partition coefficient (Wildman–Crippen LogP) is -0.119. The largest absolute Gasteiger partial charge is 0.352 e. The molecular weight excluding hydrogens is 192 g/mol. The molecule has 2 heterocycles. The molecule has 3 N–H and O–H groups in total. The van der Waals surface area contributed by atoms with E-state index in [9.17, 15) is 4.79 Å². The van der Waals surface area contributed by atoms with Crippen LogP contribution >= 0.6 is 0 Å². The maximum Gasteiger partial charge on any atom is 0.224 e. The Morgan fingerprint density at radius 3 is 3.13 bits per heavy atom. The summed E-state index contributed by atoms with van der Waals surface area (Å²) in [5.41, 5.74) is 1.00. The third-order valence-corrected chi connectivity index (χ3v) is 2.88. The van der Waals surface area contributed by atoms with E-state index < -0.39 is 0 Å². The topological polar surface area (TPSA) is 69.8 Å². The first-order valence-electron chi connectivity index (χ1n) is 5.23. The molecule has 1 aliphatic rings. The molecule has 0 aliphatic carbocycles. The van der Waals surface area contributed by atoms with E-state index >= 15 is 0 Å². The van der Waals surface area contributed by atoms with Crippen molar-refractivity contribution in [3.63, 3.8) is 0 Å². The third kappa shape index (κ3) is 2.36. The van der Waals surface area contributed by atoms with E-state index in [0.29, 0.717) is 12.5 Å². The molecule has 82 valence electrons. The van der Waals surface area contributed by atoms with Gasteiger partial charge in [0.1, 0.15) is 0 Å². The lowest BCUT2D eigenvalue weighted by Gasteiger charge is -2.13. The van der Waals surface area contributed by atoms with Crippen molar-refractivity contribution >= 4 is 5.91 Å². The predicted molar refractivity (Wildman–Crippen MR) is 56.0 cm³/mol. The molecule has 0 aromatic carbocycles. The molecule has 5 heteroatoms. The number of carbonyl (C=O) groups is 1. The first-order chi connectivity index (χ1) is 7.27. The number of aromatic amines is 1. The van der Waals surface area contributed by atoms with Crippen LogP contribution in [-0.4, -0.2) is 29.2 Å². The zero-order valence-corrected chi connectivity index (χ0v) is 8.79. The molecule has 1 aromatic rings. The monoisotopic (exact) mass is 208 g/mol. The smallest absolute Gasteiger partial charge is 0.224 e. The van der Waals surface area contributed by atoms with Crippen LogP contribution in [0.1, 0.15) is 12.5 Å². The highest BCUT2D eigenvalue weighted by Crippen LogP contribution is 2.15. The molecule has 0 radical (unpaired) electrons. The second-order valence-corrected chi connectivity index (χ2v) is 4.07. The van der Waals surface area contributed by atoms with Crippen molar-refractivity contribution in [1.82, 2.24) is 20.8 Å². The van der Waals surface area contributed by atoms with Gasteiger partial charge in [-0.05, 0) is 12.5 Å². The van der Waals surface area contributed by atoms with E-state index in [2.05, 4.69) is 27.8 Å². The van der Waals surface area contributed by atoms with Gasteiger partial charge in [-0.25, -0.2) is 0 Å². The van der Waals surface area contributed by atoms with E-state index in [0.717, 1.165) is 18.7 Å². The summed E-state index contributed by atoms with van der Waals surface area (Å²) < 4.78 is 0. The van der Waals surface area contributed by atoms with Gasteiger partial charge in [0, 0.05) is 24.8 Å². The number of rotatable bonds is 3. The highest BCUT2D eigenvalue weighted by molar-refractivity contribution is 5.79. The third-order valence-electron chi connectivity index (χ3n) is 2.88. The van der Waals surface area contributed by atoms with Crippen LogP contribution in [-0.2, 0) is 11.3 Å². The summed E-state index contributed by atoms with van der Waals surface area (Å²) in [5, 5.41) is 12.7. The van der Waals surface area contributed by atoms with Gasteiger partial charge in [-0.1, -0.05) is 6.92 Å². The molecular formula is C10H16N4O. The van der Waals surface area contributed by atoms with E-state index in [-0.39, 0.29) is 11.8 Å². The Kier molecular flexibility index (Phi) is 3.01. The number of amides is 1. The zero-order chi connectivity index (χ0) is 10.7. The number of nitrogens with zero attached hydrogens (tertiary/aromatic N) is 1. The summed E-state index contributed by atoms with van der Waals surface area (Å²) in [6.07, 6.45) is 3.51. The fourth-order valence-electron chi connectivity index (χ4n) is 1.86. The van der Waals surface area contributed by atoms with Gasteiger partial charge >= 0.3 is 0 Å². The summed E-state index contributed by atoms with van der Waals surface area (Å²) in [4.78, 5) is 11.8. The minimum absolute atomic E-state index is 0.108. The van der Waals surface area contributed by atoms with Crippen molar-refractivity contribution < 1.29 is 4.79 Å². The van der Waals surface area contributed by atoms with Gasteiger partial charge in [0.05, 0.1) is 12.1 Å². The Labute approximate surface area is 88.6 Å². The second-order valence-electron chi connectivity index (χ2n) is 4.07. The molecule has 0 spiro atoms. The Hall–Kier alpha value is -1.36. The highest BCUT2D eigenvalue weighted by Gasteiger charge is 2.29. The number of carbonyl (C=O) groups excluding carboxylic acids is 1. The van der Waals surface area contributed by atoms with Crippen molar-refractivity contribution in [3.8, 4) is 0 Å².